The minimum atomic E-state index is -0.262. The van der Waals surface area contributed by atoms with E-state index in [1.807, 2.05) is 12.1 Å². The molecule has 1 atom stereocenters. The third-order valence-electron chi connectivity index (χ3n) is 3.46. The van der Waals surface area contributed by atoms with E-state index < -0.39 is 0 Å². The average molecular weight is 298 g/mol. The molecule has 1 fully saturated rings. The molecule has 2 rings (SSSR count). The molecular weight excluding hydrogens is 278 g/mol. The van der Waals surface area contributed by atoms with Crippen molar-refractivity contribution in [2.45, 2.75) is 18.4 Å². The Balaban J connectivity index is 1.87. The Morgan fingerprint density at radius 3 is 2.95 bits per heavy atom. The molecule has 1 unspecified atom stereocenters. The molecule has 1 heterocycles. The summed E-state index contributed by atoms with van der Waals surface area (Å²) in [6, 6.07) is 6.89. The predicted molar refractivity (Wildman–Crippen MR) is 80.3 cm³/mol. The largest absolute Gasteiger partial charge is 0.383 e. The summed E-state index contributed by atoms with van der Waals surface area (Å²) >= 11 is 6.00. The van der Waals surface area contributed by atoms with E-state index in [2.05, 4.69) is 16.0 Å². The van der Waals surface area contributed by atoms with Gasteiger partial charge >= 0.3 is 6.03 Å². The number of anilines is 1. The lowest BCUT2D eigenvalue weighted by molar-refractivity contribution is 0.120. The van der Waals surface area contributed by atoms with Crippen molar-refractivity contribution >= 4 is 23.3 Å². The first-order valence-corrected chi connectivity index (χ1v) is 7.06. The lowest BCUT2D eigenvalue weighted by Crippen LogP contribution is -2.53. The van der Waals surface area contributed by atoms with E-state index in [0.717, 1.165) is 19.4 Å². The zero-order valence-corrected chi connectivity index (χ0v) is 12.3. The third kappa shape index (κ3) is 3.85. The first-order valence-electron chi connectivity index (χ1n) is 6.69. The van der Waals surface area contributed by atoms with Gasteiger partial charge in [-0.3, -0.25) is 0 Å². The zero-order valence-electron chi connectivity index (χ0n) is 11.5. The number of methoxy groups -OCH3 is 1. The maximum Gasteiger partial charge on any atom is 0.319 e. The molecular formula is C14H20ClN3O2. The van der Waals surface area contributed by atoms with Crippen molar-refractivity contribution in [3.05, 3.63) is 29.3 Å². The van der Waals surface area contributed by atoms with Crippen LogP contribution >= 0.6 is 11.6 Å². The van der Waals surface area contributed by atoms with Gasteiger partial charge in [-0.15, -0.1) is 0 Å². The maximum atomic E-state index is 11.9. The fourth-order valence-corrected chi connectivity index (χ4v) is 2.63. The predicted octanol–water partition coefficient (Wildman–Crippen LogP) is 2.23. The number of carbonyl (C=O) groups is 1. The van der Waals surface area contributed by atoms with Crippen LogP contribution in [0.3, 0.4) is 0 Å². The summed E-state index contributed by atoms with van der Waals surface area (Å²) in [5, 5.41) is 9.55. The van der Waals surface area contributed by atoms with Gasteiger partial charge in [0.25, 0.3) is 0 Å². The van der Waals surface area contributed by atoms with Gasteiger partial charge < -0.3 is 20.7 Å². The van der Waals surface area contributed by atoms with Crippen LogP contribution in [0.4, 0.5) is 10.5 Å². The molecule has 0 spiro atoms. The highest BCUT2D eigenvalue weighted by Crippen LogP contribution is 2.21. The Morgan fingerprint density at radius 2 is 2.30 bits per heavy atom. The van der Waals surface area contributed by atoms with Crippen LogP contribution in [-0.4, -0.2) is 38.4 Å². The van der Waals surface area contributed by atoms with E-state index in [1.165, 1.54) is 0 Å². The standard InChI is InChI=1S/C14H20ClN3O2/c1-20-10-14(7-4-8-17-14)9-16-13(19)18-12-6-3-2-5-11(12)15/h2-3,5-6,17H,4,7-10H2,1H3,(H2,16,18,19). The number of benzene rings is 1. The van der Waals surface area contributed by atoms with Gasteiger partial charge in [-0.1, -0.05) is 23.7 Å². The molecule has 5 nitrogen and oxygen atoms in total. The summed E-state index contributed by atoms with van der Waals surface area (Å²) in [5.74, 6) is 0. The Labute approximate surface area is 124 Å². The molecule has 0 bridgehead atoms. The summed E-state index contributed by atoms with van der Waals surface area (Å²) in [4.78, 5) is 11.9. The molecule has 110 valence electrons. The second kappa shape index (κ2) is 6.92. The topological polar surface area (TPSA) is 62.4 Å². The van der Waals surface area contributed by atoms with Crippen molar-refractivity contribution in [3.63, 3.8) is 0 Å². The summed E-state index contributed by atoms with van der Waals surface area (Å²) in [7, 11) is 1.67. The number of para-hydroxylation sites is 1. The molecule has 0 aromatic heterocycles. The number of ether oxygens (including phenoxy) is 1. The van der Waals surface area contributed by atoms with E-state index in [4.69, 9.17) is 16.3 Å². The van der Waals surface area contributed by atoms with E-state index in [0.29, 0.717) is 23.9 Å². The minimum Gasteiger partial charge on any atom is -0.383 e. The molecule has 1 saturated heterocycles. The second-order valence-corrected chi connectivity index (χ2v) is 5.44. The van der Waals surface area contributed by atoms with Gasteiger partial charge in [0.15, 0.2) is 0 Å². The molecule has 1 aliphatic heterocycles. The van der Waals surface area contributed by atoms with E-state index in [1.54, 1.807) is 19.2 Å². The van der Waals surface area contributed by atoms with Gasteiger partial charge in [0.05, 0.1) is 22.9 Å². The van der Waals surface area contributed by atoms with Crippen molar-refractivity contribution < 1.29 is 9.53 Å². The molecule has 6 heteroatoms. The van der Waals surface area contributed by atoms with Gasteiger partial charge in [-0.2, -0.15) is 0 Å². The molecule has 20 heavy (non-hydrogen) atoms. The van der Waals surface area contributed by atoms with Crippen LogP contribution in [0.25, 0.3) is 0 Å². The zero-order chi connectivity index (χ0) is 14.4. The van der Waals surface area contributed by atoms with Crippen LogP contribution in [0.5, 0.6) is 0 Å². The third-order valence-corrected chi connectivity index (χ3v) is 3.79. The number of halogens is 1. The molecule has 1 aliphatic rings. The highest BCUT2D eigenvalue weighted by atomic mass is 35.5. The number of carbonyl (C=O) groups excluding carboxylic acids is 1. The lowest BCUT2D eigenvalue weighted by Gasteiger charge is -2.29. The number of hydrogen-bond acceptors (Lipinski definition) is 3. The summed E-state index contributed by atoms with van der Waals surface area (Å²) in [6.45, 7) is 2.06. The van der Waals surface area contributed by atoms with E-state index in [-0.39, 0.29) is 11.6 Å². The van der Waals surface area contributed by atoms with Crippen molar-refractivity contribution in [2.75, 3.05) is 32.1 Å². The molecule has 0 radical (unpaired) electrons. The molecule has 1 aromatic carbocycles. The Morgan fingerprint density at radius 1 is 1.50 bits per heavy atom. The first kappa shape index (κ1) is 15.1. The van der Waals surface area contributed by atoms with Crippen LogP contribution in [-0.2, 0) is 4.74 Å². The lowest BCUT2D eigenvalue weighted by atomic mass is 9.99. The van der Waals surface area contributed by atoms with Crippen LogP contribution in [0.2, 0.25) is 5.02 Å². The summed E-state index contributed by atoms with van der Waals surface area (Å²) in [6.07, 6.45) is 2.09. The Hall–Kier alpha value is -1.30. The van der Waals surface area contributed by atoms with Crippen LogP contribution in [0, 0.1) is 0 Å². The fraction of sp³-hybridized carbons (Fsp3) is 0.500. The molecule has 3 N–H and O–H groups in total. The number of hydrogen-bond donors (Lipinski definition) is 3. The SMILES string of the molecule is COCC1(CNC(=O)Nc2ccccc2Cl)CCCN1. The fourth-order valence-electron chi connectivity index (χ4n) is 2.45. The highest BCUT2D eigenvalue weighted by Gasteiger charge is 2.33. The second-order valence-electron chi connectivity index (χ2n) is 5.03. The number of amides is 2. The van der Waals surface area contributed by atoms with Gasteiger partial charge in [0.2, 0.25) is 0 Å². The van der Waals surface area contributed by atoms with Gasteiger partial charge in [0, 0.05) is 13.7 Å². The Kier molecular flexibility index (Phi) is 5.23. The highest BCUT2D eigenvalue weighted by molar-refractivity contribution is 6.33. The smallest absolute Gasteiger partial charge is 0.319 e. The normalized spacial score (nSPS) is 21.7. The summed E-state index contributed by atoms with van der Waals surface area (Å²) < 4.78 is 5.24. The molecule has 0 saturated carbocycles. The number of urea groups is 1. The van der Waals surface area contributed by atoms with E-state index in [9.17, 15) is 4.79 Å². The van der Waals surface area contributed by atoms with E-state index >= 15 is 0 Å². The van der Waals surface area contributed by atoms with Crippen molar-refractivity contribution in [3.8, 4) is 0 Å². The summed E-state index contributed by atoms with van der Waals surface area (Å²) in [5.41, 5.74) is 0.443. The van der Waals surface area contributed by atoms with Gasteiger partial charge in [-0.25, -0.2) is 4.79 Å². The average Bonchev–Trinajstić information content (AvgIpc) is 2.89. The van der Waals surface area contributed by atoms with Crippen LogP contribution < -0.4 is 16.0 Å². The van der Waals surface area contributed by atoms with Crippen LogP contribution in [0.1, 0.15) is 12.8 Å². The van der Waals surface area contributed by atoms with Gasteiger partial charge in [0.1, 0.15) is 0 Å². The minimum absolute atomic E-state index is 0.160. The monoisotopic (exact) mass is 297 g/mol. The quantitative estimate of drug-likeness (QED) is 0.781. The Bertz CT molecular complexity index is 461. The maximum absolute atomic E-state index is 11.9. The number of rotatable bonds is 5. The van der Waals surface area contributed by atoms with Crippen molar-refractivity contribution in [2.24, 2.45) is 0 Å². The molecule has 2 amide bonds. The molecule has 0 aliphatic carbocycles. The van der Waals surface area contributed by atoms with Crippen LogP contribution in [0.15, 0.2) is 24.3 Å². The number of nitrogens with one attached hydrogen (secondary N) is 3. The van der Waals surface area contributed by atoms with Crippen molar-refractivity contribution in [1.29, 1.82) is 0 Å². The molecule has 1 aromatic rings. The first-order chi connectivity index (χ1) is 9.65. The van der Waals surface area contributed by atoms with Crippen molar-refractivity contribution in [1.82, 2.24) is 10.6 Å². The van der Waals surface area contributed by atoms with Gasteiger partial charge in [-0.05, 0) is 31.5 Å².